The fraction of sp³-hybridized carbons (Fsp3) is 0.333. The van der Waals surface area contributed by atoms with Crippen LogP contribution in [-0.4, -0.2) is 24.0 Å². The molecule has 0 saturated carbocycles. The minimum absolute atomic E-state index is 0.162. The zero-order chi connectivity index (χ0) is 15.5. The van der Waals surface area contributed by atoms with Gasteiger partial charge in [0.25, 0.3) is 5.91 Å². The smallest absolute Gasteiger partial charge is 0.274 e. The second kappa shape index (κ2) is 6.18. The molecule has 0 radical (unpaired) electrons. The molecule has 3 rings (SSSR count). The van der Waals surface area contributed by atoms with E-state index in [9.17, 15) is 4.79 Å². The number of nitrogens with zero attached hydrogens (tertiary/aromatic N) is 2. The van der Waals surface area contributed by atoms with Crippen molar-refractivity contribution in [3.63, 3.8) is 0 Å². The fourth-order valence-electron chi connectivity index (χ4n) is 2.87. The maximum atomic E-state index is 12.4. The molecule has 1 aromatic carbocycles. The van der Waals surface area contributed by atoms with Gasteiger partial charge in [0.1, 0.15) is 5.69 Å². The fourth-order valence-corrected chi connectivity index (χ4v) is 2.87. The van der Waals surface area contributed by atoms with Crippen molar-refractivity contribution in [3.05, 3.63) is 53.3 Å². The number of pyridine rings is 1. The van der Waals surface area contributed by atoms with E-state index in [1.54, 1.807) is 12.3 Å². The molecule has 1 amide bonds. The summed E-state index contributed by atoms with van der Waals surface area (Å²) in [5, 5.41) is 2.97. The molecule has 0 atom stereocenters. The molecular weight excluding hydrogens is 274 g/mol. The molecule has 1 aliphatic rings. The Hall–Kier alpha value is -2.36. The third-order valence-electron chi connectivity index (χ3n) is 4.17. The van der Waals surface area contributed by atoms with E-state index in [2.05, 4.69) is 15.2 Å². The normalized spacial score (nSPS) is 14.2. The van der Waals surface area contributed by atoms with Crippen molar-refractivity contribution in [2.75, 3.05) is 23.3 Å². The van der Waals surface area contributed by atoms with Gasteiger partial charge in [-0.1, -0.05) is 18.2 Å². The molecule has 0 aliphatic carbocycles. The average Bonchev–Trinajstić information content (AvgIpc) is 3.05. The second-order valence-corrected chi connectivity index (χ2v) is 5.82. The molecule has 0 spiro atoms. The molecule has 114 valence electrons. The van der Waals surface area contributed by atoms with Crippen LogP contribution in [0.1, 0.15) is 34.5 Å². The number of carbonyl (C=O) groups excluding carboxylic acids is 1. The van der Waals surface area contributed by atoms with Gasteiger partial charge in [0.05, 0.1) is 11.9 Å². The first kappa shape index (κ1) is 14.6. The summed E-state index contributed by atoms with van der Waals surface area (Å²) in [6, 6.07) is 9.76. The third kappa shape index (κ3) is 2.96. The van der Waals surface area contributed by atoms with Crippen molar-refractivity contribution in [3.8, 4) is 0 Å². The molecule has 1 saturated heterocycles. The largest absolute Gasteiger partial charge is 0.370 e. The van der Waals surface area contributed by atoms with Crippen molar-refractivity contribution < 1.29 is 4.79 Å². The summed E-state index contributed by atoms with van der Waals surface area (Å²) >= 11 is 0. The van der Waals surface area contributed by atoms with Crippen molar-refractivity contribution in [1.82, 2.24) is 4.98 Å². The third-order valence-corrected chi connectivity index (χ3v) is 4.17. The number of anilines is 2. The van der Waals surface area contributed by atoms with Crippen LogP contribution >= 0.6 is 0 Å². The van der Waals surface area contributed by atoms with Crippen LogP contribution in [-0.2, 0) is 0 Å². The van der Waals surface area contributed by atoms with Crippen LogP contribution in [0.3, 0.4) is 0 Å². The first-order valence-electron chi connectivity index (χ1n) is 7.74. The molecule has 1 aromatic heterocycles. The zero-order valence-electron chi connectivity index (χ0n) is 13.1. The Bertz CT molecular complexity index is 653. The Kier molecular flexibility index (Phi) is 4.09. The lowest BCUT2D eigenvalue weighted by Gasteiger charge is -2.17. The summed E-state index contributed by atoms with van der Waals surface area (Å²) in [6.07, 6.45) is 4.26. The molecule has 0 unspecified atom stereocenters. The van der Waals surface area contributed by atoms with Gasteiger partial charge >= 0.3 is 0 Å². The van der Waals surface area contributed by atoms with Crippen LogP contribution in [0.15, 0.2) is 36.5 Å². The number of benzene rings is 1. The van der Waals surface area contributed by atoms with Gasteiger partial charge in [0.2, 0.25) is 0 Å². The van der Waals surface area contributed by atoms with Gasteiger partial charge in [-0.3, -0.25) is 4.79 Å². The van der Waals surface area contributed by atoms with E-state index >= 15 is 0 Å². The van der Waals surface area contributed by atoms with Crippen LogP contribution in [0.2, 0.25) is 0 Å². The highest BCUT2D eigenvalue weighted by Crippen LogP contribution is 2.21. The van der Waals surface area contributed by atoms with Gasteiger partial charge in [-0.15, -0.1) is 0 Å². The number of nitrogens with one attached hydrogen (secondary N) is 1. The molecule has 4 nitrogen and oxygen atoms in total. The van der Waals surface area contributed by atoms with Gasteiger partial charge in [0.15, 0.2) is 0 Å². The Morgan fingerprint density at radius 1 is 1.09 bits per heavy atom. The van der Waals surface area contributed by atoms with Crippen LogP contribution < -0.4 is 10.2 Å². The zero-order valence-corrected chi connectivity index (χ0v) is 13.1. The summed E-state index contributed by atoms with van der Waals surface area (Å²) in [7, 11) is 0. The molecule has 1 aliphatic heterocycles. The number of aromatic nitrogens is 1. The van der Waals surface area contributed by atoms with Crippen LogP contribution in [0.25, 0.3) is 0 Å². The summed E-state index contributed by atoms with van der Waals surface area (Å²) in [5.41, 5.74) is 4.54. The average molecular weight is 295 g/mol. The molecule has 22 heavy (non-hydrogen) atoms. The van der Waals surface area contributed by atoms with Crippen molar-refractivity contribution in [1.29, 1.82) is 0 Å². The SMILES string of the molecule is Cc1cccc(C)c1NC(=O)c1ccc(N2CCCC2)cn1. The lowest BCUT2D eigenvalue weighted by atomic mass is 10.1. The van der Waals surface area contributed by atoms with Crippen molar-refractivity contribution in [2.45, 2.75) is 26.7 Å². The number of hydrogen-bond acceptors (Lipinski definition) is 3. The quantitative estimate of drug-likeness (QED) is 0.942. The highest BCUT2D eigenvalue weighted by atomic mass is 16.1. The number of para-hydroxylation sites is 1. The van der Waals surface area contributed by atoms with Gasteiger partial charge < -0.3 is 10.2 Å². The Morgan fingerprint density at radius 3 is 2.36 bits per heavy atom. The van der Waals surface area contributed by atoms with E-state index in [-0.39, 0.29) is 5.91 Å². The van der Waals surface area contributed by atoms with E-state index in [1.807, 2.05) is 38.1 Å². The molecule has 4 heteroatoms. The summed E-state index contributed by atoms with van der Waals surface area (Å²) in [6.45, 7) is 6.14. The predicted molar refractivity (Wildman–Crippen MR) is 89.6 cm³/mol. The number of hydrogen-bond donors (Lipinski definition) is 1. The topological polar surface area (TPSA) is 45.2 Å². The Balaban J connectivity index is 1.75. The number of carbonyl (C=O) groups is 1. The highest BCUT2D eigenvalue weighted by Gasteiger charge is 2.14. The van der Waals surface area contributed by atoms with Crippen LogP contribution in [0, 0.1) is 13.8 Å². The molecular formula is C18H21N3O. The Morgan fingerprint density at radius 2 is 1.77 bits per heavy atom. The minimum Gasteiger partial charge on any atom is -0.370 e. The van der Waals surface area contributed by atoms with Gasteiger partial charge in [-0.25, -0.2) is 4.98 Å². The standard InChI is InChI=1S/C18H21N3O/c1-13-6-5-7-14(2)17(13)20-18(22)16-9-8-15(12-19-16)21-10-3-4-11-21/h5-9,12H,3-4,10-11H2,1-2H3,(H,20,22). The van der Waals surface area contributed by atoms with E-state index in [1.165, 1.54) is 12.8 Å². The Labute approximate surface area is 131 Å². The van der Waals surface area contributed by atoms with Crippen LogP contribution in [0.5, 0.6) is 0 Å². The first-order chi connectivity index (χ1) is 10.6. The van der Waals surface area contributed by atoms with Gasteiger partial charge in [0, 0.05) is 18.8 Å². The lowest BCUT2D eigenvalue weighted by molar-refractivity contribution is 0.102. The highest BCUT2D eigenvalue weighted by molar-refractivity contribution is 6.03. The number of amides is 1. The molecule has 0 bridgehead atoms. The van der Waals surface area contributed by atoms with Crippen molar-refractivity contribution in [2.24, 2.45) is 0 Å². The van der Waals surface area contributed by atoms with Gasteiger partial charge in [-0.2, -0.15) is 0 Å². The monoisotopic (exact) mass is 295 g/mol. The minimum atomic E-state index is -0.162. The lowest BCUT2D eigenvalue weighted by Crippen LogP contribution is -2.19. The molecule has 2 aromatic rings. The van der Waals surface area contributed by atoms with Gasteiger partial charge in [-0.05, 0) is 49.9 Å². The maximum Gasteiger partial charge on any atom is 0.274 e. The predicted octanol–water partition coefficient (Wildman–Crippen LogP) is 3.55. The second-order valence-electron chi connectivity index (χ2n) is 5.82. The van der Waals surface area contributed by atoms with E-state index in [0.717, 1.165) is 35.6 Å². The van der Waals surface area contributed by atoms with Crippen LogP contribution in [0.4, 0.5) is 11.4 Å². The maximum absolute atomic E-state index is 12.4. The number of aryl methyl sites for hydroxylation is 2. The summed E-state index contributed by atoms with van der Waals surface area (Å²) in [5.74, 6) is -0.162. The molecule has 1 N–H and O–H groups in total. The van der Waals surface area contributed by atoms with E-state index in [4.69, 9.17) is 0 Å². The van der Waals surface area contributed by atoms with E-state index < -0.39 is 0 Å². The molecule has 2 heterocycles. The first-order valence-corrected chi connectivity index (χ1v) is 7.74. The van der Waals surface area contributed by atoms with Crippen molar-refractivity contribution >= 4 is 17.3 Å². The summed E-state index contributed by atoms with van der Waals surface area (Å²) in [4.78, 5) is 19.0. The number of rotatable bonds is 3. The molecule has 1 fully saturated rings. The summed E-state index contributed by atoms with van der Waals surface area (Å²) < 4.78 is 0. The van der Waals surface area contributed by atoms with E-state index in [0.29, 0.717) is 5.69 Å².